The molecular weight excluding hydrogens is 376 g/mol. The molecule has 2 aromatic carbocycles. The van der Waals surface area contributed by atoms with Gasteiger partial charge in [-0.1, -0.05) is 24.3 Å². The van der Waals surface area contributed by atoms with Crippen molar-refractivity contribution in [3.63, 3.8) is 0 Å². The molecule has 0 spiro atoms. The van der Waals surface area contributed by atoms with Crippen molar-refractivity contribution in [2.75, 3.05) is 7.11 Å². The largest absolute Gasteiger partial charge is 0.496 e. The maximum Gasteiger partial charge on any atom is 0.323 e. The molecular formula is C22H19F2N3O2. The summed E-state index contributed by atoms with van der Waals surface area (Å²) < 4.78 is 35.0. The fourth-order valence-corrected chi connectivity index (χ4v) is 3.82. The third kappa shape index (κ3) is 3.23. The Labute approximate surface area is 167 Å². The van der Waals surface area contributed by atoms with Crippen molar-refractivity contribution in [2.24, 2.45) is 5.73 Å². The molecule has 1 heterocycles. The van der Waals surface area contributed by atoms with E-state index in [1.807, 2.05) is 6.07 Å². The van der Waals surface area contributed by atoms with E-state index in [0.717, 1.165) is 12.1 Å². The van der Waals surface area contributed by atoms with Gasteiger partial charge in [0.05, 0.1) is 24.7 Å². The zero-order valence-electron chi connectivity index (χ0n) is 16.2. The van der Waals surface area contributed by atoms with E-state index < -0.39 is 23.6 Å². The number of carbonyl (C=O) groups excluding carboxylic acids is 1. The first-order valence-corrected chi connectivity index (χ1v) is 8.81. The number of benzene rings is 2. The minimum absolute atomic E-state index is 0.0271. The van der Waals surface area contributed by atoms with E-state index in [9.17, 15) is 18.8 Å². The minimum atomic E-state index is -1.08. The van der Waals surface area contributed by atoms with Gasteiger partial charge in [0.25, 0.3) is 0 Å². The molecule has 0 saturated carbocycles. The van der Waals surface area contributed by atoms with Gasteiger partial charge in [0.2, 0.25) is 0 Å². The Balaban J connectivity index is 2.45. The van der Waals surface area contributed by atoms with Crippen LogP contribution < -0.4 is 10.5 Å². The van der Waals surface area contributed by atoms with Gasteiger partial charge in [-0.3, -0.25) is 4.90 Å². The van der Waals surface area contributed by atoms with Crippen LogP contribution in [0.2, 0.25) is 0 Å². The number of nitrogens with two attached hydrogens (primary N) is 1. The van der Waals surface area contributed by atoms with Gasteiger partial charge < -0.3 is 10.5 Å². The number of nitriles is 1. The SMILES string of the molecule is COc1ccccc1C1=C(C)N(C(N)=O)C(C)=C(C#N)C1c1c(F)cccc1F. The fraction of sp³-hybridized carbons (Fsp3) is 0.182. The van der Waals surface area contributed by atoms with E-state index in [4.69, 9.17) is 10.5 Å². The number of ether oxygens (including phenoxy) is 1. The van der Waals surface area contributed by atoms with Crippen LogP contribution in [0.25, 0.3) is 5.57 Å². The van der Waals surface area contributed by atoms with Crippen LogP contribution in [0.1, 0.15) is 30.9 Å². The van der Waals surface area contributed by atoms with Crippen molar-refractivity contribution in [3.8, 4) is 11.8 Å². The Bertz CT molecular complexity index is 1080. The Morgan fingerprint density at radius 1 is 1.10 bits per heavy atom. The molecule has 1 unspecified atom stereocenters. The number of allylic oxidation sites excluding steroid dienone is 4. The van der Waals surface area contributed by atoms with Gasteiger partial charge in [0, 0.05) is 22.5 Å². The van der Waals surface area contributed by atoms with Gasteiger partial charge in [-0.2, -0.15) is 5.26 Å². The van der Waals surface area contributed by atoms with Gasteiger partial charge in [-0.05, 0) is 37.6 Å². The summed E-state index contributed by atoms with van der Waals surface area (Å²) in [7, 11) is 1.47. The van der Waals surface area contributed by atoms with E-state index in [-0.39, 0.29) is 16.8 Å². The van der Waals surface area contributed by atoms with Crippen LogP contribution in [-0.2, 0) is 0 Å². The fourth-order valence-electron chi connectivity index (χ4n) is 3.82. The van der Waals surface area contributed by atoms with E-state index in [1.165, 1.54) is 25.0 Å². The number of urea groups is 1. The summed E-state index contributed by atoms with van der Waals surface area (Å²) in [5.74, 6) is -2.22. The number of halogens is 2. The van der Waals surface area contributed by atoms with Crippen LogP contribution >= 0.6 is 0 Å². The molecule has 0 aromatic heterocycles. The third-order valence-electron chi connectivity index (χ3n) is 5.05. The van der Waals surface area contributed by atoms with Crippen LogP contribution in [0.5, 0.6) is 5.75 Å². The summed E-state index contributed by atoms with van der Waals surface area (Å²) in [6.07, 6.45) is 0. The number of amides is 2. The average molecular weight is 395 g/mol. The van der Waals surface area contributed by atoms with Crippen LogP contribution in [-0.4, -0.2) is 18.0 Å². The summed E-state index contributed by atoms with van der Waals surface area (Å²) in [5, 5.41) is 9.87. The monoisotopic (exact) mass is 395 g/mol. The van der Waals surface area contributed by atoms with E-state index >= 15 is 0 Å². The minimum Gasteiger partial charge on any atom is -0.496 e. The Morgan fingerprint density at radius 2 is 1.72 bits per heavy atom. The molecule has 1 aliphatic heterocycles. The zero-order chi connectivity index (χ0) is 21.3. The van der Waals surface area contributed by atoms with Gasteiger partial charge in [-0.25, -0.2) is 13.6 Å². The molecule has 1 atom stereocenters. The van der Waals surface area contributed by atoms with Crippen molar-refractivity contribution in [1.29, 1.82) is 5.26 Å². The quantitative estimate of drug-likeness (QED) is 0.819. The second kappa shape index (κ2) is 7.76. The molecule has 2 amide bonds. The van der Waals surface area contributed by atoms with Gasteiger partial charge >= 0.3 is 6.03 Å². The molecule has 0 aliphatic carbocycles. The van der Waals surface area contributed by atoms with Crippen LogP contribution in [0.15, 0.2) is 59.4 Å². The second-order valence-electron chi connectivity index (χ2n) is 6.55. The first kappa shape index (κ1) is 20.1. The highest BCUT2D eigenvalue weighted by Gasteiger charge is 2.38. The number of para-hydroxylation sites is 1. The standard InChI is InChI=1S/C22H19F2N3O2/c1-12-15(11-25)20(21-16(23)8-6-9-17(21)24)19(13(2)27(12)22(26)28)14-7-4-5-10-18(14)29-3/h4-10,20H,1-3H3,(H2,26,28). The van der Waals surface area contributed by atoms with Crippen molar-refractivity contribution in [1.82, 2.24) is 4.90 Å². The molecule has 148 valence electrons. The molecule has 29 heavy (non-hydrogen) atoms. The average Bonchev–Trinajstić information content (AvgIpc) is 2.68. The third-order valence-corrected chi connectivity index (χ3v) is 5.05. The summed E-state index contributed by atoms with van der Waals surface area (Å²) in [6, 6.07) is 11.6. The van der Waals surface area contributed by atoms with Gasteiger partial charge in [0.15, 0.2) is 0 Å². The topological polar surface area (TPSA) is 79.3 Å². The van der Waals surface area contributed by atoms with Crippen molar-refractivity contribution >= 4 is 11.6 Å². The molecule has 2 N–H and O–H groups in total. The zero-order valence-corrected chi connectivity index (χ0v) is 16.2. The number of methoxy groups -OCH3 is 1. The molecule has 0 bridgehead atoms. The highest BCUT2D eigenvalue weighted by atomic mass is 19.1. The van der Waals surface area contributed by atoms with Crippen LogP contribution in [0.3, 0.4) is 0 Å². The molecule has 5 nitrogen and oxygen atoms in total. The number of hydrogen-bond acceptors (Lipinski definition) is 3. The Hall–Kier alpha value is -3.66. The number of nitrogens with zero attached hydrogens (tertiary/aromatic N) is 2. The first-order valence-electron chi connectivity index (χ1n) is 8.81. The van der Waals surface area contributed by atoms with Crippen LogP contribution in [0.4, 0.5) is 13.6 Å². The molecule has 1 aliphatic rings. The van der Waals surface area contributed by atoms with E-state index in [1.54, 1.807) is 31.2 Å². The number of carbonyl (C=O) groups is 1. The normalized spacial score (nSPS) is 16.7. The highest BCUT2D eigenvalue weighted by molar-refractivity contribution is 5.88. The molecule has 3 rings (SSSR count). The molecule has 0 saturated heterocycles. The van der Waals surface area contributed by atoms with E-state index in [0.29, 0.717) is 22.6 Å². The van der Waals surface area contributed by atoms with Crippen molar-refractivity contribution in [3.05, 3.63) is 82.2 Å². The summed E-state index contributed by atoms with van der Waals surface area (Å²) >= 11 is 0. The van der Waals surface area contributed by atoms with Gasteiger partial charge in [-0.15, -0.1) is 0 Å². The lowest BCUT2D eigenvalue weighted by atomic mass is 9.77. The van der Waals surface area contributed by atoms with Crippen molar-refractivity contribution < 1.29 is 18.3 Å². The van der Waals surface area contributed by atoms with Crippen molar-refractivity contribution in [2.45, 2.75) is 19.8 Å². The van der Waals surface area contributed by atoms with Crippen LogP contribution in [0, 0.1) is 23.0 Å². The molecule has 0 radical (unpaired) electrons. The second-order valence-corrected chi connectivity index (χ2v) is 6.55. The predicted molar refractivity (Wildman–Crippen MR) is 104 cm³/mol. The van der Waals surface area contributed by atoms with E-state index in [2.05, 4.69) is 0 Å². The first-order chi connectivity index (χ1) is 13.8. The lowest BCUT2D eigenvalue weighted by Gasteiger charge is -2.36. The summed E-state index contributed by atoms with van der Waals surface area (Å²) in [4.78, 5) is 13.3. The summed E-state index contributed by atoms with van der Waals surface area (Å²) in [5.41, 5.74) is 6.77. The number of hydrogen-bond donors (Lipinski definition) is 1. The lowest BCUT2D eigenvalue weighted by Crippen LogP contribution is -2.37. The number of rotatable bonds is 3. The molecule has 7 heteroatoms. The maximum atomic E-state index is 14.8. The number of primary amides is 1. The smallest absolute Gasteiger partial charge is 0.323 e. The highest BCUT2D eigenvalue weighted by Crippen LogP contribution is 2.49. The molecule has 2 aromatic rings. The lowest BCUT2D eigenvalue weighted by molar-refractivity contribution is 0.229. The molecule has 0 fully saturated rings. The Kier molecular flexibility index (Phi) is 5.37. The van der Waals surface area contributed by atoms with Gasteiger partial charge in [0.1, 0.15) is 17.4 Å². The maximum absolute atomic E-state index is 14.8. The summed E-state index contributed by atoms with van der Waals surface area (Å²) in [6.45, 7) is 3.15. The Morgan fingerprint density at radius 3 is 2.28 bits per heavy atom. The predicted octanol–water partition coefficient (Wildman–Crippen LogP) is 4.68.